The summed E-state index contributed by atoms with van der Waals surface area (Å²) in [5.41, 5.74) is 2.43. The second-order valence-corrected chi connectivity index (χ2v) is 7.49. The zero-order chi connectivity index (χ0) is 18.0. The van der Waals surface area contributed by atoms with Gasteiger partial charge in [0.25, 0.3) is 5.91 Å². The number of nitrogens with one attached hydrogen (secondary N) is 2. The van der Waals surface area contributed by atoms with E-state index in [4.69, 9.17) is 27.9 Å². The van der Waals surface area contributed by atoms with Gasteiger partial charge in [-0.3, -0.25) is 4.79 Å². The van der Waals surface area contributed by atoms with Crippen molar-refractivity contribution in [2.75, 3.05) is 12.4 Å². The van der Waals surface area contributed by atoms with Gasteiger partial charge in [-0.1, -0.05) is 35.0 Å². The van der Waals surface area contributed by atoms with Crippen LogP contribution in [0, 0.1) is 6.92 Å². The molecule has 4 nitrogen and oxygen atoms in total. The highest BCUT2D eigenvalue weighted by Gasteiger charge is 2.27. The Hall–Kier alpha value is -1.82. The predicted octanol–water partition coefficient (Wildman–Crippen LogP) is 4.91. The Morgan fingerprint density at radius 3 is 2.64 bits per heavy atom. The van der Waals surface area contributed by atoms with Gasteiger partial charge in [0, 0.05) is 21.3 Å². The van der Waals surface area contributed by atoms with Gasteiger partial charge in [-0.2, -0.15) is 0 Å². The Kier molecular flexibility index (Phi) is 5.47. The molecule has 0 aliphatic carbocycles. The van der Waals surface area contributed by atoms with Crippen LogP contribution in [0.5, 0.6) is 5.75 Å². The molecule has 2 aromatic carbocycles. The van der Waals surface area contributed by atoms with E-state index in [9.17, 15) is 4.79 Å². The minimum atomic E-state index is -0.260. The lowest BCUT2D eigenvalue weighted by atomic mass is 10.2. The molecule has 1 aliphatic heterocycles. The van der Waals surface area contributed by atoms with Crippen LogP contribution in [-0.4, -0.2) is 18.5 Å². The van der Waals surface area contributed by atoms with Crippen LogP contribution in [0.15, 0.2) is 41.3 Å². The normalized spacial score (nSPS) is 18.3. The Morgan fingerprint density at radius 1 is 1.20 bits per heavy atom. The van der Waals surface area contributed by atoms with E-state index in [0.29, 0.717) is 20.7 Å². The summed E-state index contributed by atoms with van der Waals surface area (Å²) in [7, 11) is 1.58. The highest BCUT2D eigenvalue weighted by molar-refractivity contribution is 8.05. The number of aryl methyl sites for hydroxylation is 1. The summed E-state index contributed by atoms with van der Waals surface area (Å²) in [5.74, 6) is 0.520. The van der Waals surface area contributed by atoms with Crippen LogP contribution < -0.4 is 15.4 Å². The molecule has 1 unspecified atom stereocenters. The SMILES string of the molecule is COc1ccc(Cl)cc1/C=C1\SC(Nc2ccc(Cl)cc2C)NC1=O. The molecule has 3 rings (SSSR count). The van der Waals surface area contributed by atoms with Crippen molar-refractivity contribution < 1.29 is 9.53 Å². The molecule has 1 atom stereocenters. The summed E-state index contributed by atoms with van der Waals surface area (Å²) in [6, 6.07) is 10.9. The van der Waals surface area contributed by atoms with Crippen molar-refractivity contribution in [1.82, 2.24) is 5.32 Å². The molecule has 1 aliphatic rings. The van der Waals surface area contributed by atoms with Crippen molar-refractivity contribution >= 4 is 52.6 Å². The Balaban J connectivity index is 1.79. The monoisotopic (exact) mass is 394 g/mol. The number of halogens is 2. The number of methoxy groups -OCH3 is 1. The fraction of sp³-hybridized carbons (Fsp3) is 0.167. The average molecular weight is 395 g/mol. The molecule has 2 N–H and O–H groups in total. The first-order valence-electron chi connectivity index (χ1n) is 7.52. The van der Waals surface area contributed by atoms with E-state index in [1.807, 2.05) is 25.1 Å². The third-order valence-corrected chi connectivity index (χ3v) is 5.18. The molecule has 0 saturated carbocycles. The van der Waals surface area contributed by atoms with Gasteiger partial charge in [0.2, 0.25) is 0 Å². The third kappa shape index (κ3) is 4.24. The molecule has 0 radical (unpaired) electrons. The van der Waals surface area contributed by atoms with Crippen LogP contribution in [0.2, 0.25) is 10.0 Å². The standard InChI is InChI=1S/C18H16Cl2N2O2S/c1-10-7-12(19)3-5-14(10)21-18-22-17(23)16(25-18)9-11-8-13(20)4-6-15(11)24-2/h3-9,18,21H,1-2H3,(H,22,23)/b16-9-. The summed E-state index contributed by atoms with van der Waals surface area (Å²) < 4.78 is 5.32. The number of rotatable bonds is 4. The van der Waals surface area contributed by atoms with Crippen molar-refractivity contribution in [2.24, 2.45) is 0 Å². The lowest BCUT2D eigenvalue weighted by Crippen LogP contribution is -2.31. The van der Waals surface area contributed by atoms with Crippen molar-refractivity contribution in [3.8, 4) is 5.75 Å². The van der Waals surface area contributed by atoms with Gasteiger partial charge in [0.1, 0.15) is 5.75 Å². The van der Waals surface area contributed by atoms with Crippen molar-refractivity contribution in [1.29, 1.82) is 0 Å². The highest BCUT2D eigenvalue weighted by Crippen LogP contribution is 2.33. The first-order chi connectivity index (χ1) is 12.0. The molecule has 25 heavy (non-hydrogen) atoms. The van der Waals surface area contributed by atoms with Crippen LogP contribution in [0.3, 0.4) is 0 Å². The molecule has 1 amide bonds. The van der Waals surface area contributed by atoms with Gasteiger partial charge in [0.05, 0.1) is 12.0 Å². The zero-order valence-corrected chi connectivity index (χ0v) is 15.9. The van der Waals surface area contributed by atoms with E-state index in [1.54, 1.807) is 31.4 Å². The molecule has 2 aromatic rings. The zero-order valence-electron chi connectivity index (χ0n) is 13.6. The summed E-state index contributed by atoms with van der Waals surface area (Å²) in [4.78, 5) is 12.9. The van der Waals surface area contributed by atoms with E-state index in [-0.39, 0.29) is 11.4 Å². The van der Waals surface area contributed by atoms with Crippen LogP contribution >= 0.6 is 35.0 Å². The second kappa shape index (κ2) is 7.60. The molecule has 0 spiro atoms. The number of carbonyl (C=O) groups is 1. The summed E-state index contributed by atoms with van der Waals surface area (Å²) in [6.07, 6.45) is 1.78. The van der Waals surface area contributed by atoms with Crippen LogP contribution in [0.1, 0.15) is 11.1 Å². The second-order valence-electron chi connectivity index (χ2n) is 5.47. The fourth-order valence-corrected chi connectivity index (χ4v) is 3.83. The number of hydrogen-bond acceptors (Lipinski definition) is 4. The van der Waals surface area contributed by atoms with E-state index >= 15 is 0 Å². The fourth-order valence-electron chi connectivity index (χ4n) is 2.45. The highest BCUT2D eigenvalue weighted by atomic mass is 35.5. The number of thioether (sulfide) groups is 1. The minimum absolute atomic E-state index is 0.142. The molecule has 0 aromatic heterocycles. The quantitative estimate of drug-likeness (QED) is 0.723. The van der Waals surface area contributed by atoms with Crippen molar-refractivity contribution in [3.63, 3.8) is 0 Å². The first-order valence-corrected chi connectivity index (χ1v) is 9.15. The molecule has 130 valence electrons. The summed E-state index contributed by atoms with van der Waals surface area (Å²) in [6.45, 7) is 1.96. The van der Waals surface area contributed by atoms with Crippen LogP contribution in [0.4, 0.5) is 5.69 Å². The number of hydrogen-bond donors (Lipinski definition) is 2. The Morgan fingerprint density at radius 2 is 1.92 bits per heavy atom. The van der Waals surface area contributed by atoms with Gasteiger partial charge < -0.3 is 15.4 Å². The maximum atomic E-state index is 12.3. The molecule has 1 heterocycles. The molecule has 1 fully saturated rings. The number of anilines is 1. The van der Waals surface area contributed by atoms with Gasteiger partial charge in [-0.25, -0.2) is 0 Å². The molecule has 7 heteroatoms. The lowest BCUT2D eigenvalue weighted by molar-refractivity contribution is -0.116. The summed E-state index contributed by atoms with van der Waals surface area (Å²) >= 11 is 13.4. The Bertz CT molecular complexity index is 855. The Labute approximate surface area is 160 Å². The number of benzene rings is 2. The average Bonchev–Trinajstić information content (AvgIpc) is 2.90. The van der Waals surface area contributed by atoms with Crippen LogP contribution in [-0.2, 0) is 4.79 Å². The number of ether oxygens (including phenoxy) is 1. The van der Waals surface area contributed by atoms with Crippen molar-refractivity contribution in [3.05, 3.63) is 62.5 Å². The lowest BCUT2D eigenvalue weighted by Gasteiger charge is -2.15. The van der Waals surface area contributed by atoms with E-state index in [0.717, 1.165) is 16.8 Å². The minimum Gasteiger partial charge on any atom is -0.496 e. The van der Waals surface area contributed by atoms with Gasteiger partial charge in [-0.05, 0) is 55.0 Å². The van der Waals surface area contributed by atoms with Crippen molar-refractivity contribution in [2.45, 2.75) is 12.4 Å². The van der Waals surface area contributed by atoms with Crippen LogP contribution in [0.25, 0.3) is 6.08 Å². The molecule has 1 saturated heterocycles. The molecule has 0 bridgehead atoms. The van der Waals surface area contributed by atoms with E-state index < -0.39 is 0 Å². The van der Waals surface area contributed by atoms with E-state index in [1.165, 1.54) is 11.8 Å². The smallest absolute Gasteiger partial charge is 0.260 e. The van der Waals surface area contributed by atoms with Gasteiger partial charge in [0.15, 0.2) is 5.50 Å². The topological polar surface area (TPSA) is 50.4 Å². The first kappa shape index (κ1) is 18.0. The van der Waals surface area contributed by atoms with Gasteiger partial charge in [-0.15, -0.1) is 0 Å². The maximum Gasteiger partial charge on any atom is 0.260 e. The molecular weight excluding hydrogens is 379 g/mol. The summed E-state index contributed by atoms with van der Waals surface area (Å²) in [5, 5.41) is 7.47. The predicted molar refractivity (Wildman–Crippen MR) is 105 cm³/mol. The number of amides is 1. The molecular formula is C18H16Cl2N2O2S. The third-order valence-electron chi connectivity index (χ3n) is 3.68. The number of carbonyl (C=O) groups excluding carboxylic acids is 1. The van der Waals surface area contributed by atoms with Gasteiger partial charge >= 0.3 is 0 Å². The van der Waals surface area contributed by atoms with E-state index in [2.05, 4.69) is 10.6 Å². The maximum absolute atomic E-state index is 12.3. The largest absolute Gasteiger partial charge is 0.496 e.